The molecule has 1 heterocycles. The predicted molar refractivity (Wildman–Crippen MR) is 51.8 cm³/mol. The molecule has 1 unspecified atom stereocenters. The maximum absolute atomic E-state index is 11.3. The minimum Gasteiger partial charge on any atom is -0.649 e. The minimum atomic E-state index is -0.204. The van der Waals surface area contributed by atoms with Gasteiger partial charge in [0.05, 0.1) is 0 Å². The molecule has 2 rings (SSSR count). The summed E-state index contributed by atoms with van der Waals surface area (Å²) in [6, 6.07) is 7.87. The molecule has 0 aliphatic carbocycles. The van der Waals surface area contributed by atoms with Crippen LogP contribution in [0.3, 0.4) is 0 Å². The van der Waals surface area contributed by atoms with Crippen molar-refractivity contribution in [2.45, 2.75) is 19.4 Å². The van der Waals surface area contributed by atoms with Crippen molar-refractivity contribution < 1.29 is 37.5 Å². The molecule has 1 aliphatic heterocycles. The summed E-state index contributed by atoms with van der Waals surface area (Å²) in [5.74, 6) is 0.146. The first-order valence-electron chi connectivity index (χ1n) is 4.54. The number of benzene rings is 1. The fourth-order valence-corrected chi connectivity index (χ4v) is 1.79. The molecule has 0 amide bonds. The summed E-state index contributed by atoms with van der Waals surface area (Å²) in [5, 5.41) is 4.32. The smallest absolute Gasteiger partial charge is 0.116 e. The second kappa shape index (κ2) is 5.15. The molecule has 0 spiro atoms. The molecule has 0 fully saturated rings. The topological polar surface area (TPSA) is 31.2 Å². The molecule has 0 N–H and O–H groups in total. The number of carbonyl (C=O) groups is 1. The minimum absolute atomic E-state index is 0. The average Bonchev–Trinajstić information content (AvgIpc) is 2.17. The Labute approximate surface area is 109 Å². The van der Waals surface area contributed by atoms with Crippen LogP contribution in [0.5, 0.6) is 0 Å². The van der Waals surface area contributed by atoms with Crippen LogP contribution in [-0.4, -0.2) is 12.3 Å². The summed E-state index contributed by atoms with van der Waals surface area (Å²) < 4.78 is 0. The van der Waals surface area contributed by atoms with Gasteiger partial charge in [0.2, 0.25) is 0 Å². The van der Waals surface area contributed by atoms with Gasteiger partial charge < -0.3 is 10.1 Å². The summed E-state index contributed by atoms with van der Waals surface area (Å²) in [5.41, 5.74) is 2.37. The molecule has 1 aromatic rings. The van der Waals surface area contributed by atoms with E-state index in [1.165, 1.54) is 5.56 Å². The quantitative estimate of drug-likeness (QED) is 0.764. The van der Waals surface area contributed by atoms with Crippen molar-refractivity contribution in [3.05, 3.63) is 40.7 Å². The summed E-state index contributed by atoms with van der Waals surface area (Å²) in [4.78, 5) is 11.3. The van der Waals surface area contributed by atoms with Crippen LogP contribution in [0.2, 0.25) is 0 Å². The maximum Gasteiger partial charge on any atom is 0.116 e. The Hall–Kier alpha value is -0.0461. The van der Waals surface area contributed by atoms with E-state index in [1.807, 2.05) is 18.2 Å². The standard InChI is InChI=1S/C11H12NO.Y/c1-8(13)11-10-5-3-2-4-9(10)6-7-12-11;/h2-5,11H,6-7H2,1H3;/q-1;. The summed E-state index contributed by atoms with van der Waals surface area (Å²) in [7, 11) is 0. The number of Topliss-reactive ketones (excluding diaryl/α,β-unsaturated/α-hetero) is 1. The van der Waals surface area contributed by atoms with Gasteiger partial charge in [0.15, 0.2) is 0 Å². The van der Waals surface area contributed by atoms with Gasteiger partial charge in [-0.15, -0.1) is 6.54 Å². The van der Waals surface area contributed by atoms with Crippen LogP contribution in [0.15, 0.2) is 24.3 Å². The van der Waals surface area contributed by atoms with E-state index >= 15 is 0 Å². The van der Waals surface area contributed by atoms with E-state index in [4.69, 9.17) is 0 Å². The second-order valence-electron chi connectivity index (χ2n) is 3.37. The van der Waals surface area contributed by atoms with Gasteiger partial charge in [0.1, 0.15) is 5.78 Å². The molecular weight excluding hydrogens is 251 g/mol. The number of fused-ring (bicyclic) bond motifs is 1. The van der Waals surface area contributed by atoms with E-state index in [2.05, 4.69) is 11.4 Å². The molecule has 1 radical (unpaired) electrons. The zero-order chi connectivity index (χ0) is 9.26. The van der Waals surface area contributed by atoms with E-state index in [1.54, 1.807) is 6.92 Å². The Morgan fingerprint density at radius 1 is 1.43 bits per heavy atom. The van der Waals surface area contributed by atoms with Crippen molar-refractivity contribution in [1.82, 2.24) is 0 Å². The summed E-state index contributed by atoms with van der Waals surface area (Å²) in [6.45, 7) is 2.39. The number of nitrogens with zero attached hydrogens (tertiary/aromatic N) is 1. The Morgan fingerprint density at radius 2 is 2.14 bits per heavy atom. The Kier molecular flexibility index (Phi) is 4.43. The monoisotopic (exact) mass is 263 g/mol. The zero-order valence-electron chi connectivity index (χ0n) is 8.23. The Bertz CT molecular complexity index is 338. The first-order valence-corrected chi connectivity index (χ1v) is 4.54. The normalized spacial score (nSPS) is 19.4. The molecule has 0 bridgehead atoms. The van der Waals surface area contributed by atoms with Crippen LogP contribution in [-0.2, 0) is 43.9 Å². The van der Waals surface area contributed by atoms with E-state index in [-0.39, 0.29) is 44.5 Å². The van der Waals surface area contributed by atoms with Gasteiger partial charge in [0, 0.05) is 32.7 Å². The Morgan fingerprint density at radius 3 is 2.86 bits per heavy atom. The van der Waals surface area contributed by atoms with Gasteiger partial charge in [-0.05, 0) is 24.9 Å². The number of hydrogen-bond donors (Lipinski definition) is 0. The predicted octanol–water partition coefficient (Wildman–Crippen LogP) is 2.24. The maximum atomic E-state index is 11.3. The zero-order valence-corrected chi connectivity index (χ0v) is 11.1. The molecule has 71 valence electrons. The van der Waals surface area contributed by atoms with Crippen molar-refractivity contribution in [3.8, 4) is 0 Å². The number of carbonyl (C=O) groups excluding carboxylic acids is 1. The van der Waals surface area contributed by atoms with Crippen LogP contribution in [0.4, 0.5) is 0 Å². The average molecular weight is 263 g/mol. The fraction of sp³-hybridized carbons (Fsp3) is 0.364. The van der Waals surface area contributed by atoms with Crippen LogP contribution >= 0.6 is 0 Å². The number of ketones is 1. The van der Waals surface area contributed by atoms with Gasteiger partial charge in [0.25, 0.3) is 0 Å². The second-order valence-corrected chi connectivity index (χ2v) is 3.37. The fourth-order valence-electron chi connectivity index (χ4n) is 1.79. The first-order chi connectivity index (χ1) is 6.29. The summed E-state index contributed by atoms with van der Waals surface area (Å²) >= 11 is 0. The molecule has 0 aromatic heterocycles. The van der Waals surface area contributed by atoms with Crippen LogP contribution < -0.4 is 0 Å². The van der Waals surface area contributed by atoms with E-state index < -0.39 is 0 Å². The van der Waals surface area contributed by atoms with Gasteiger partial charge >= 0.3 is 0 Å². The van der Waals surface area contributed by atoms with E-state index in [0.717, 1.165) is 18.5 Å². The van der Waals surface area contributed by atoms with Crippen LogP contribution in [0, 0.1) is 0 Å². The van der Waals surface area contributed by atoms with Crippen LogP contribution in [0.25, 0.3) is 5.32 Å². The molecule has 1 aliphatic rings. The van der Waals surface area contributed by atoms with Crippen molar-refractivity contribution in [2.24, 2.45) is 0 Å². The van der Waals surface area contributed by atoms with Gasteiger partial charge in [-0.1, -0.05) is 29.8 Å². The Balaban J connectivity index is 0.000000980. The SMILES string of the molecule is CC(=O)C1[N-]CCc2ccccc21.[Y]. The van der Waals surface area contributed by atoms with Gasteiger partial charge in [-0.25, -0.2) is 0 Å². The van der Waals surface area contributed by atoms with Gasteiger partial charge in [-0.3, -0.25) is 0 Å². The number of hydrogen-bond acceptors (Lipinski definition) is 1. The van der Waals surface area contributed by atoms with Crippen molar-refractivity contribution in [2.75, 3.05) is 6.54 Å². The molecule has 3 heteroatoms. The van der Waals surface area contributed by atoms with Crippen molar-refractivity contribution in [3.63, 3.8) is 0 Å². The van der Waals surface area contributed by atoms with Crippen LogP contribution in [0.1, 0.15) is 24.1 Å². The molecule has 1 atom stereocenters. The summed E-state index contributed by atoms with van der Waals surface area (Å²) in [6.07, 6.45) is 0.972. The molecule has 0 saturated carbocycles. The first kappa shape index (κ1) is 12.0. The van der Waals surface area contributed by atoms with Gasteiger partial charge in [-0.2, -0.15) is 0 Å². The molecule has 14 heavy (non-hydrogen) atoms. The largest absolute Gasteiger partial charge is 0.649 e. The van der Waals surface area contributed by atoms with E-state index in [0.29, 0.717) is 0 Å². The van der Waals surface area contributed by atoms with Crippen molar-refractivity contribution in [1.29, 1.82) is 0 Å². The third-order valence-electron chi connectivity index (χ3n) is 2.43. The third kappa shape index (κ3) is 2.30. The molecular formula is C11H12NOY-. The van der Waals surface area contributed by atoms with Crippen molar-refractivity contribution >= 4 is 5.78 Å². The van der Waals surface area contributed by atoms with E-state index in [9.17, 15) is 4.79 Å². The number of rotatable bonds is 1. The molecule has 1 aromatic carbocycles. The molecule has 2 nitrogen and oxygen atoms in total. The molecule has 0 saturated heterocycles. The third-order valence-corrected chi connectivity index (χ3v) is 2.43.